The summed E-state index contributed by atoms with van der Waals surface area (Å²) in [6, 6.07) is 0. The summed E-state index contributed by atoms with van der Waals surface area (Å²) in [6.07, 6.45) is 7.00. The zero-order valence-corrected chi connectivity index (χ0v) is 6.97. The molecule has 2 atom stereocenters. The van der Waals surface area contributed by atoms with Gasteiger partial charge in [-0.3, -0.25) is 0 Å². The molecule has 1 aliphatic rings. The molecule has 0 aromatic heterocycles. The Hall–Kier alpha value is -0.0400. The number of hydrogen-bond donors (Lipinski definition) is 1. The summed E-state index contributed by atoms with van der Waals surface area (Å²) in [5.41, 5.74) is 5.52. The molecule has 0 radical (unpaired) electrons. The highest BCUT2D eigenvalue weighted by Gasteiger charge is 2.19. The lowest BCUT2D eigenvalue weighted by Gasteiger charge is -2.28. The van der Waals surface area contributed by atoms with Gasteiger partial charge in [0.2, 0.25) is 0 Å². The highest BCUT2D eigenvalue weighted by atomic mass is 14.5. The third-order valence-corrected chi connectivity index (χ3v) is 2.83. The van der Waals surface area contributed by atoms with Gasteiger partial charge in [0.05, 0.1) is 0 Å². The first-order valence-electron chi connectivity index (χ1n) is 4.54. The Morgan fingerprint density at radius 3 is 2.60 bits per heavy atom. The van der Waals surface area contributed by atoms with Gasteiger partial charge in [0.25, 0.3) is 0 Å². The van der Waals surface area contributed by atoms with Crippen molar-refractivity contribution in [3.8, 4) is 0 Å². The summed E-state index contributed by atoms with van der Waals surface area (Å²) in [5.74, 6) is 1.89. The van der Waals surface area contributed by atoms with E-state index in [1.165, 1.54) is 32.1 Å². The van der Waals surface area contributed by atoms with Gasteiger partial charge in [-0.05, 0) is 24.8 Å². The van der Waals surface area contributed by atoms with Gasteiger partial charge in [-0.1, -0.05) is 32.6 Å². The number of rotatable bonds is 2. The fourth-order valence-electron chi connectivity index (χ4n) is 2.04. The maximum atomic E-state index is 5.52. The largest absolute Gasteiger partial charge is 0.330 e. The number of nitrogens with two attached hydrogens (primary N) is 1. The molecule has 10 heavy (non-hydrogen) atoms. The van der Waals surface area contributed by atoms with Crippen molar-refractivity contribution in [2.45, 2.75) is 39.0 Å². The molecule has 60 valence electrons. The topological polar surface area (TPSA) is 26.0 Å². The molecule has 1 nitrogen and oxygen atoms in total. The van der Waals surface area contributed by atoms with Gasteiger partial charge in [0.15, 0.2) is 0 Å². The van der Waals surface area contributed by atoms with Crippen LogP contribution in [0, 0.1) is 11.8 Å². The summed E-state index contributed by atoms with van der Waals surface area (Å²) in [6.45, 7) is 3.26. The van der Waals surface area contributed by atoms with Gasteiger partial charge >= 0.3 is 0 Å². The standard InChI is InChI=1S/C9H19N/c1-8-4-2-3-5-9(8)6-7-10/h8-9H,2-7,10H2,1H3. The Labute approximate surface area is 64.0 Å². The average Bonchev–Trinajstić information content (AvgIpc) is 1.94. The van der Waals surface area contributed by atoms with E-state index >= 15 is 0 Å². The molecule has 2 N–H and O–H groups in total. The van der Waals surface area contributed by atoms with Gasteiger partial charge in [-0.25, -0.2) is 0 Å². The molecule has 0 aromatic carbocycles. The van der Waals surface area contributed by atoms with Crippen molar-refractivity contribution in [3.63, 3.8) is 0 Å². The Kier molecular flexibility index (Phi) is 3.20. The Bertz CT molecular complexity index is 88.7. The van der Waals surface area contributed by atoms with E-state index in [1.54, 1.807) is 0 Å². The van der Waals surface area contributed by atoms with Crippen LogP contribution in [0.15, 0.2) is 0 Å². The monoisotopic (exact) mass is 141 g/mol. The van der Waals surface area contributed by atoms with Crippen molar-refractivity contribution in [1.82, 2.24) is 0 Å². The molecule has 0 amide bonds. The molecule has 1 saturated carbocycles. The van der Waals surface area contributed by atoms with Crippen molar-refractivity contribution in [2.24, 2.45) is 17.6 Å². The van der Waals surface area contributed by atoms with E-state index in [-0.39, 0.29) is 0 Å². The van der Waals surface area contributed by atoms with Crippen LogP contribution in [0.5, 0.6) is 0 Å². The lowest BCUT2D eigenvalue weighted by atomic mass is 9.79. The molecule has 1 aliphatic carbocycles. The smallest absolute Gasteiger partial charge is 0.00745 e. The average molecular weight is 141 g/mol. The summed E-state index contributed by atoms with van der Waals surface area (Å²) in [4.78, 5) is 0. The Morgan fingerprint density at radius 1 is 1.30 bits per heavy atom. The molecule has 0 aromatic rings. The molecule has 0 spiro atoms. The minimum absolute atomic E-state index is 0.884. The lowest BCUT2D eigenvalue weighted by molar-refractivity contribution is 0.245. The molecule has 0 aliphatic heterocycles. The quantitative estimate of drug-likeness (QED) is 0.626. The summed E-state index contributed by atoms with van der Waals surface area (Å²) < 4.78 is 0. The van der Waals surface area contributed by atoms with Gasteiger partial charge < -0.3 is 5.73 Å². The predicted molar refractivity (Wildman–Crippen MR) is 44.8 cm³/mol. The highest BCUT2D eigenvalue weighted by Crippen LogP contribution is 2.31. The molecular formula is C9H19N. The van der Waals surface area contributed by atoms with E-state index < -0.39 is 0 Å². The van der Waals surface area contributed by atoms with Crippen molar-refractivity contribution in [2.75, 3.05) is 6.54 Å². The second kappa shape index (κ2) is 3.97. The van der Waals surface area contributed by atoms with Crippen LogP contribution in [0.25, 0.3) is 0 Å². The molecule has 1 rings (SSSR count). The molecule has 1 fully saturated rings. The van der Waals surface area contributed by atoms with Crippen molar-refractivity contribution in [3.05, 3.63) is 0 Å². The van der Waals surface area contributed by atoms with Crippen LogP contribution >= 0.6 is 0 Å². The molecule has 0 saturated heterocycles. The van der Waals surface area contributed by atoms with E-state index in [0.717, 1.165) is 18.4 Å². The normalized spacial score (nSPS) is 34.2. The summed E-state index contributed by atoms with van der Waals surface area (Å²) in [5, 5.41) is 0. The lowest BCUT2D eigenvalue weighted by Crippen LogP contribution is -2.19. The second-order valence-corrected chi connectivity index (χ2v) is 3.60. The molecule has 1 heteroatoms. The van der Waals surface area contributed by atoms with Gasteiger partial charge in [0.1, 0.15) is 0 Å². The van der Waals surface area contributed by atoms with E-state index in [4.69, 9.17) is 5.73 Å². The zero-order chi connectivity index (χ0) is 7.40. The van der Waals surface area contributed by atoms with Gasteiger partial charge in [-0.15, -0.1) is 0 Å². The Morgan fingerprint density at radius 2 is 2.00 bits per heavy atom. The third kappa shape index (κ3) is 1.98. The maximum absolute atomic E-state index is 5.52. The van der Waals surface area contributed by atoms with E-state index in [0.29, 0.717) is 0 Å². The maximum Gasteiger partial charge on any atom is -0.00745 e. The molecule has 2 unspecified atom stereocenters. The Balaban J connectivity index is 2.25. The first kappa shape index (κ1) is 8.06. The van der Waals surface area contributed by atoms with Crippen LogP contribution in [0.3, 0.4) is 0 Å². The van der Waals surface area contributed by atoms with Crippen LogP contribution in [-0.2, 0) is 0 Å². The van der Waals surface area contributed by atoms with Crippen molar-refractivity contribution in [1.29, 1.82) is 0 Å². The molecule has 0 heterocycles. The van der Waals surface area contributed by atoms with Gasteiger partial charge in [-0.2, -0.15) is 0 Å². The van der Waals surface area contributed by atoms with Crippen molar-refractivity contribution < 1.29 is 0 Å². The molecule has 0 bridgehead atoms. The fourth-order valence-corrected chi connectivity index (χ4v) is 2.04. The minimum Gasteiger partial charge on any atom is -0.330 e. The van der Waals surface area contributed by atoms with Crippen LogP contribution in [0.2, 0.25) is 0 Å². The predicted octanol–water partition coefficient (Wildman–Crippen LogP) is 2.16. The zero-order valence-electron chi connectivity index (χ0n) is 6.97. The van der Waals surface area contributed by atoms with E-state index in [2.05, 4.69) is 6.92 Å². The SMILES string of the molecule is CC1CCCCC1CCN. The second-order valence-electron chi connectivity index (χ2n) is 3.60. The van der Waals surface area contributed by atoms with E-state index in [1.807, 2.05) is 0 Å². The first-order valence-corrected chi connectivity index (χ1v) is 4.54. The van der Waals surface area contributed by atoms with Crippen molar-refractivity contribution >= 4 is 0 Å². The first-order chi connectivity index (χ1) is 4.84. The van der Waals surface area contributed by atoms with Crippen LogP contribution in [0.1, 0.15) is 39.0 Å². The third-order valence-electron chi connectivity index (χ3n) is 2.83. The number of hydrogen-bond acceptors (Lipinski definition) is 1. The summed E-state index contributed by atoms with van der Waals surface area (Å²) in [7, 11) is 0. The van der Waals surface area contributed by atoms with E-state index in [9.17, 15) is 0 Å². The van der Waals surface area contributed by atoms with Gasteiger partial charge in [0, 0.05) is 0 Å². The minimum atomic E-state index is 0.884. The fraction of sp³-hybridized carbons (Fsp3) is 1.00. The summed E-state index contributed by atoms with van der Waals surface area (Å²) >= 11 is 0. The molecular weight excluding hydrogens is 122 g/mol. The van der Waals surface area contributed by atoms with Crippen LogP contribution in [-0.4, -0.2) is 6.54 Å². The van der Waals surface area contributed by atoms with Crippen LogP contribution in [0.4, 0.5) is 0 Å². The highest BCUT2D eigenvalue weighted by molar-refractivity contribution is 4.72. The van der Waals surface area contributed by atoms with Crippen LogP contribution < -0.4 is 5.73 Å².